The molecule has 1 aliphatic carbocycles. The molecule has 1 aromatic heterocycles. The maximum absolute atomic E-state index is 6.37. The first kappa shape index (κ1) is 11.0. The van der Waals surface area contributed by atoms with Gasteiger partial charge in [0.25, 0.3) is 0 Å². The van der Waals surface area contributed by atoms with Crippen molar-refractivity contribution in [1.29, 1.82) is 0 Å². The molecule has 2 atom stereocenters. The summed E-state index contributed by atoms with van der Waals surface area (Å²) in [5.74, 6) is 0.415. The minimum absolute atomic E-state index is 0.00627. The molecule has 0 spiro atoms. The molecule has 2 aromatic rings. The lowest BCUT2D eigenvalue weighted by Gasteiger charge is -2.34. The molecule has 4 heteroatoms. The van der Waals surface area contributed by atoms with Crippen molar-refractivity contribution in [2.45, 2.75) is 18.4 Å². The van der Waals surface area contributed by atoms with Gasteiger partial charge in [-0.25, -0.2) is 0 Å². The first-order chi connectivity index (χ1) is 8.18. The second kappa shape index (κ2) is 3.96. The van der Waals surface area contributed by atoms with Crippen LogP contribution in [0.4, 0.5) is 0 Å². The number of hydrogen-bond acceptors (Lipinski definition) is 2. The number of hydrogen-bond donors (Lipinski definition) is 1. The molecule has 1 heterocycles. The van der Waals surface area contributed by atoms with E-state index in [2.05, 4.69) is 45.3 Å². The summed E-state index contributed by atoms with van der Waals surface area (Å²) in [6, 6.07) is 8.52. The van der Waals surface area contributed by atoms with E-state index in [1.165, 1.54) is 11.1 Å². The minimum atomic E-state index is 0.00627. The molecule has 0 amide bonds. The van der Waals surface area contributed by atoms with Gasteiger partial charge in [-0.05, 0) is 33.5 Å². The number of rotatable bonds is 2. The third kappa shape index (κ3) is 1.63. The van der Waals surface area contributed by atoms with Crippen molar-refractivity contribution < 1.29 is 0 Å². The van der Waals surface area contributed by atoms with Gasteiger partial charge < -0.3 is 5.73 Å². The van der Waals surface area contributed by atoms with Crippen LogP contribution < -0.4 is 5.73 Å². The minimum Gasteiger partial charge on any atom is -0.322 e. The van der Waals surface area contributed by atoms with E-state index in [1.807, 2.05) is 11.7 Å². The van der Waals surface area contributed by atoms with Crippen molar-refractivity contribution in [2.24, 2.45) is 12.8 Å². The Kier molecular flexibility index (Phi) is 2.56. The zero-order chi connectivity index (χ0) is 12.0. The van der Waals surface area contributed by atoms with Gasteiger partial charge in [0.05, 0.1) is 22.4 Å². The molecule has 2 N–H and O–H groups in total. The summed E-state index contributed by atoms with van der Waals surface area (Å²) < 4.78 is 2.85. The van der Waals surface area contributed by atoms with Crippen LogP contribution >= 0.6 is 15.9 Å². The van der Waals surface area contributed by atoms with Crippen LogP contribution in [0.5, 0.6) is 0 Å². The molecule has 3 rings (SSSR count). The quantitative estimate of drug-likeness (QED) is 0.924. The lowest BCUT2D eigenvalue weighted by molar-refractivity contribution is 0.470. The zero-order valence-electron chi connectivity index (χ0n) is 9.60. The Balaban J connectivity index is 1.94. The van der Waals surface area contributed by atoms with Gasteiger partial charge in [-0.1, -0.05) is 24.3 Å². The average Bonchev–Trinajstić information content (AvgIpc) is 2.60. The van der Waals surface area contributed by atoms with Gasteiger partial charge in [-0.2, -0.15) is 5.10 Å². The summed E-state index contributed by atoms with van der Waals surface area (Å²) >= 11 is 3.52. The normalized spacial score (nSPS) is 19.6. The van der Waals surface area contributed by atoms with E-state index in [9.17, 15) is 0 Å². The first-order valence-corrected chi connectivity index (χ1v) is 6.48. The van der Waals surface area contributed by atoms with E-state index in [1.54, 1.807) is 6.20 Å². The van der Waals surface area contributed by atoms with Crippen molar-refractivity contribution in [3.63, 3.8) is 0 Å². The largest absolute Gasteiger partial charge is 0.322 e. The number of fused-ring (bicyclic) bond motifs is 1. The van der Waals surface area contributed by atoms with E-state index in [-0.39, 0.29) is 6.04 Å². The fraction of sp³-hybridized carbons (Fsp3) is 0.308. The fourth-order valence-electron chi connectivity index (χ4n) is 2.60. The maximum Gasteiger partial charge on any atom is 0.0696 e. The van der Waals surface area contributed by atoms with Gasteiger partial charge in [0.15, 0.2) is 0 Å². The van der Waals surface area contributed by atoms with Crippen molar-refractivity contribution in [3.8, 4) is 0 Å². The standard InChI is InChI=1S/C13H14BrN3/c1-17-13(11(14)7-16-17)12(15)10-6-8-4-2-3-5-9(8)10/h2-5,7,10,12H,6,15H2,1H3. The molecule has 1 aromatic carbocycles. The highest BCUT2D eigenvalue weighted by Gasteiger charge is 2.33. The lowest BCUT2D eigenvalue weighted by atomic mass is 9.73. The zero-order valence-corrected chi connectivity index (χ0v) is 11.2. The highest BCUT2D eigenvalue weighted by molar-refractivity contribution is 9.10. The fourth-order valence-corrected chi connectivity index (χ4v) is 3.22. The summed E-state index contributed by atoms with van der Waals surface area (Å²) in [5.41, 5.74) is 10.2. The Morgan fingerprint density at radius 2 is 2.24 bits per heavy atom. The number of benzene rings is 1. The molecule has 0 saturated carbocycles. The molecule has 0 fully saturated rings. The third-order valence-corrected chi connectivity index (χ3v) is 4.19. The SMILES string of the molecule is Cn1ncc(Br)c1C(N)C1Cc2ccccc21. The van der Waals surface area contributed by atoms with Crippen LogP contribution in [0.2, 0.25) is 0 Å². The van der Waals surface area contributed by atoms with Crippen molar-refractivity contribution in [2.75, 3.05) is 0 Å². The third-order valence-electron chi connectivity index (χ3n) is 3.58. The lowest BCUT2D eigenvalue weighted by Crippen LogP contribution is -2.30. The summed E-state index contributed by atoms with van der Waals surface area (Å²) in [6.07, 6.45) is 2.87. The number of halogens is 1. The van der Waals surface area contributed by atoms with Crippen molar-refractivity contribution in [3.05, 3.63) is 51.8 Å². The molecule has 1 aliphatic rings. The van der Waals surface area contributed by atoms with Gasteiger partial charge in [0.1, 0.15) is 0 Å². The van der Waals surface area contributed by atoms with Crippen LogP contribution in [-0.2, 0) is 13.5 Å². The van der Waals surface area contributed by atoms with E-state index < -0.39 is 0 Å². The summed E-state index contributed by atoms with van der Waals surface area (Å²) in [4.78, 5) is 0. The van der Waals surface area contributed by atoms with Gasteiger partial charge in [-0.3, -0.25) is 4.68 Å². The Morgan fingerprint density at radius 1 is 1.47 bits per heavy atom. The van der Waals surface area contributed by atoms with E-state index >= 15 is 0 Å². The second-order valence-electron chi connectivity index (χ2n) is 4.54. The highest BCUT2D eigenvalue weighted by Crippen LogP contribution is 2.43. The molecule has 17 heavy (non-hydrogen) atoms. The van der Waals surface area contributed by atoms with Crippen molar-refractivity contribution >= 4 is 15.9 Å². The van der Waals surface area contributed by atoms with E-state index in [0.29, 0.717) is 5.92 Å². The van der Waals surface area contributed by atoms with Crippen LogP contribution in [0.15, 0.2) is 34.9 Å². The van der Waals surface area contributed by atoms with Gasteiger partial charge in [0.2, 0.25) is 0 Å². The number of nitrogens with two attached hydrogens (primary N) is 1. The molecular formula is C13H14BrN3. The molecule has 0 aliphatic heterocycles. The molecular weight excluding hydrogens is 278 g/mol. The number of aryl methyl sites for hydroxylation is 1. The molecule has 0 radical (unpaired) electrons. The molecule has 0 saturated heterocycles. The van der Waals surface area contributed by atoms with Crippen LogP contribution in [-0.4, -0.2) is 9.78 Å². The van der Waals surface area contributed by atoms with Gasteiger partial charge >= 0.3 is 0 Å². The molecule has 3 nitrogen and oxygen atoms in total. The summed E-state index contributed by atoms with van der Waals surface area (Å²) in [7, 11) is 1.94. The smallest absolute Gasteiger partial charge is 0.0696 e. The van der Waals surface area contributed by atoms with Crippen LogP contribution in [0.1, 0.15) is 28.8 Å². The van der Waals surface area contributed by atoms with E-state index in [0.717, 1.165) is 16.6 Å². The Hall–Kier alpha value is -1.13. The predicted molar refractivity (Wildman–Crippen MR) is 70.7 cm³/mol. The summed E-state index contributed by atoms with van der Waals surface area (Å²) in [5, 5.41) is 4.22. The van der Waals surface area contributed by atoms with Gasteiger partial charge in [-0.15, -0.1) is 0 Å². The van der Waals surface area contributed by atoms with Crippen LogP contribution in [0, 0.1) is 0 Å². The average molecular weight is 292 g/mol. The predicted octanol–water partition coefficient (Wildman–Crippen LogP) is 2.52. The molecule has 0 bridgehead atoms. The number of aromatic nitrogens is 2. The Labute approximate surface area is 109 Å². The maximum atomic E-state index is 6.37. The van der Waals surface area contributed by atoms with Crippen molar-refractivity contribution in [1.82, 2.24) is 9.78 Å². The monoisotopic (exact) mass is 291 g/mol. The molecule has 88 valence electrons. The van der Waals surface area contributed by atoms with Gasteiger partial charge in [0, 0.05) is 13.0 Å². The number of nitrogens with zero attached hydrogens (tertiary/aromatic N) is 2. The second-order valence-corrected chi connectivity index (χ2v) is 5.39. The highest BCUT2D eigenvalue weighted by atomic mass is 79.9. The first-order valence-electron chi connectivity index (χ1n) is 5.69. The Bertz CT molecular complexity index is 542. The topological polar surface area (TPSA) is 43.8 Å². The summed E-state index contributed by atoms with van der Waals surface area (Å²) in [6.45, 7) is 0. The van der Waals surface area contributed by atoms with E-state index in [4.69, 9.17) is 5.73 Å². The Morgan fingerprint density at radius 3 is 2.88 bits per heavy atom. The van der Waals surface area contributed by atoms with Crippen LogP contribution in [0.3, 0.4) is 0 Å². The van der Waals surface area contributed by atoms with Crippen LogP contribution in [0.25, 0.3) is 0 Å². The molecule has 2 unspecified atom stereocenters.